The van der Waals surface area contributed by atoms with Crippen LogP contribution in [0.4, 0.5) is 0 Å². The van der Waals surface area contributed by atoms with Crippen LogP contribution < -0.4 is 0 Å². The number of rotatable bonds is 36. The zero-order valence-corrected chi connectivity index (χ0v) is 35.8. The molecule has 53 heavy (non-hydrogen) atoms. The molecule has 0 N–H and O–H groups in total. The minimum absolute atomic E-state index is 0.244. The lowest BCUT2D eigenvalue weighted by Crippen LogP contribution is -2.33. The maximum absolute atomic E-state index is 11.8. The molecule has 1 heterocycles. The zero-order chi connectivity index (χ0) is 38.9. The van der Waals surface area contributed by atoms with E-state index in [-0.39, 0.29) is 13.2 Å². The molecular formula is C43H78O8S2. The van der Waals surface area contributed by atoms with Gasteiger partial charge in [0.1, 0.15) is 12.2 Å². The first-order valence-corrected chi connectivity index (χ1v) is 24.8. The summed E-state index contributed by atoms with van der Waals surface area (Å²) in [5.41, 5.74) is 0. The molecule has 8 nitrogen and oxygen atoms in total. The van der Waals surface area contributed by atoms with E-state index in [2.05, 4.69) is 62.5 Å². The molecule has 310 valence electrons. The molecule has 1 aliphatic heterocycles. The van der Waals surface area contributed by atoms with Crippen LogP contribution in [-0.2, 0) is 38.1 Å². The summed E-state index contributed by atoms with van der Waals surface area (Å²) in [5.74, 6) is -0.915. The van der Waals surface area contributed by atoms with E-state index in [0.29, 0.717) is 12.8 Å². The van der Waals surface area contributed by atoms with Crippen molar-refractivity contribution in [3.8, 4) is 0 Å². The molecule has 2 unspecified atom stereocenters. The smallest absolute Gasteiger partial charge is 0.264 e. The molecule has 1 aliphatic rings. The van der Waals surface area contributed by atoms with Crippen LogP contribution in [0.2, 0.25) is 0 Å². The Kier molecular flexibility index (Phi) is 29.9. The molecule has 0 aromatic rings. The maximum atomic E-state index is 11.8. The Balaban J connectivity index is 2.52. The van der Waals surface area contributed by atoms with Gasteiger partial charge in [-0.3, -0.25) is 8.37 Å². The van der Waals surface area contributed by atoms with Crippen LogP contribution in [0.5, 0.6) is 0 Å². The van der Waals surface area contributed by atoms with Crippen LogP contribution in [0.15, 0.2) is 48.6 Å². The molecule has 0 amide bonds. The van der Waals surface area contributed by atoms with Crippen molar-refractivity contribution in [1.29, 1.82) is 0 Å². The molecule has 1 rings (SSSR count). The normalized spacial score (nSPS) is 20.0. The van der Waals surface area contributed by atoms with Gasteiger partial charge in [0.25, 0.3) is 20.2 Å². The second-order valence-corrected chi connectivity index (χ2v) is 18.2. The second-order valence-electron chi connectivity index (χ2n) is 14.9. The number of allylic oxidation sites excluding steroid dienone is 8. The Morgan fingerprint density at radius 3 is 1.08 bits per heavy atom. The van der Waals surface area contributed by atoms with Crippen molar-refractivity contribution in [1.82, 2.24) is 0 Å². The summed E-state index contributed by atoms with van der Waals surface area (Å²) >= 11 is 0. The maximum Gasteiger partial charge on any atom is 0.264 e. The predicted molar refractivity (Wildman–Crippen MR) is 222 cm³/mol. The average Bonchev–Trinajstić information content (AvgIpc) is 3.46. The molecule has 0 aromatic heterocycles. The number of ether oxygens (including phenoxy) is 2. The van der Waals surface area contributed by atoms with E-state index in [1.54, 1.807) is 0 Å². The van der Waals surface area contributed by atoms with E-state index in [0.717, 1.165) is 76.7 Å². The van der Waals surface area contributed by atoms with Crippen LogP contribution in [0.25, 0.3) is 0 Å². The van der Waals surface area contributed by atoms with Crippen molar-refractivity contribution in [3.63, 3.8) is 0 Å². The predicted octanol–water partition coefficient (Wildman–Crippen LogP) is 11.8. The summed E-state index contributed by atoms with van der Waals surface area (Å²) in [4.78, 5) is 0. The number of hydrogen-bond acceptors (Lipinski definition) is 8. The van der Waals surface area contributed by atoms with Crippen molar-refractivity contribution < 1.29 is 34.7 Å². The zero-order valence-electron chi connectivity index (χ0n) is 34.2. The van der Waals surface area contributed by atoms with Crippen LogP contribution >= 0.6 is 0 Å². The molecule has 1 fully saturated rings. The van der Waals surface area contributed by atoms with Gasteiger partial charge in [0.2, 0.25) is 0 Å². The van der Waals surface area contributed by atoms with Crippen LogP contribution in [0, 0.1) is 0 Å². The summed E-state index contributed by atoms with van der Waals surface area (Å²) < 4.78 is 70.2. The topological polar surface area (TPSA) is 105 Å². The number of hydrogen-bond donors (Lipinski definition) is 0. The Morgan fingerprint density at radius 2 is 0.755 bits per heavy atom. The highest BCUT2D eigenvalue weighted by Crippen LogP contribution is 2.38. The Labute approximate surface area is 326 Å². The minimum atomic E-state index is -3.71. The van der Waals surface area contributed by atoms with E-state index in [1.807, 2.05) is 0 Å². The largest absolute Gasteiger partial charge is 0.341 e. The minimum Gasteiger partial charge on any atom is -0.341 e. The molecule has 1 saturated heterocycles. The van der Waals surface area contributed by atoms with E-state index in [4.69, 9.17) is 17.8 Å². The van der Waals surface area contributed by atoms with Crippen molar-refractivity contribution in [2.75, 3.05) is 25.7 Å². The highest BCUT2D eigenvalue weighted by molar-refractivity contribution is 7.86. The standard InChI is InChI=1S/C43H78O8S2/c1-5-7-9-11-13-15-17-19-21-23-25-27-29-31-33-35-37-43(50-41(39-48-52(3,44)45)42(51-43)40-49-53(4,46)47)38-36-34-32-30-28-26-24-22-20-18-16-14-12-10-8-6-2/h13-16,19-22,41-42H,5-12,17-18,23-40H2,1-4H3. The molecule has 0 aromatic carbocycles. The van der Waals surface area contributed by atoms with E-state index in [1.165, 1.54) is 89.9 Å². The summed E-state index contributed by atoms with van der Waals surface area (Å²) in [5, 5.41) is 0. The number of unbranched alkanes of at least 4 members (excludes halogenated alkanes) is 18. The third-order valence-electron chi connectivity index (χ3n) is 9.56. The summed E-state index contributed by atoms with van der Waals surface area (Å²) in [6.07, 6.45) is 47.9. The first-order chi connectivity index (χ1) is 25.5. The lowest BCUT2D eigenvalue weighted by molar-refractivity contribution is -0.189. The summed E-state index contributed by atoms with van der Waals surface area (Å²) in [6, 6.07) is 0. The average molecular weight is 787 g/mol. The van der Waals surface area contributed by atoms with Gasteiger partial charge in [-0.05, 0) is 77.0 Å². The Hall–Kier alpha value is -1.30. The highest BCUT2D eigenvalue weighted by atomic mass is 32.2. The Bertz CT molecular complexity index is 1110. The molecule has 0 radical (unpaired) electrons. The van der Waals surface area contributed by atoms with E-state index in [9.17, 15) is 16.8 Å². The molecule has 2 atom stereocenters. The lowest BCUT2D eigenvalue weighted by Gasteiger charge is -2.29. The molecule has 0 bridgehead atoms. The van der Waals surface area contributed by atoms with Gasteiger partial charge >= 0.3 is 0 Å². The lowest BCUT2D eigenvalue weighted by atomic mass is 9.98. The second kappa shape index (κ2) is 31.9. The van der Waals surface area contributed by atoms with Crippen molar-refractivity contribution in [2.24, 2.45) is 0 Å². The van der Waals surface area contributed by atoms with Gasteiger partial charge in [0.05, 0.1) is 25.7 Å². The first kappa shape index (κ1) is 49.7. The molecule has 0 saturated carbocycles. The van der Waals surface area contributed by atoms with Gasteiger partial charge in [0.15, 0.2) is 5.79 Å². The fourth-order valence-electron chi connectivity index (χ4n) is 6.52. The van der Waals surface area contributed by atoms with Gasteiger partial charge in [-0.25, -0.2) is 0 Å². The quantitative estimate of drug-likeness (QED) is 0.0351. The van der Waals surface area contributed by atoms with Crippen molar-refractivity contribution >= 4 is 20.2 Å². The molecular weight excluding hydrogens is 709 g/mol. The third-order valence-corrected chi connectivity index (χ3v) is 10.7. The van der Waals surface area contributed by atoms with Crippen molar-refractivity contribution in [3.05, 3.63) is 48.6 Å². The monoisotopic (exact) mass is 787 g/mol. The Morgan fingerprint density at radius 1 is 0.453 bits per heavy atom. The van der Waals surface area contributed by atoms with Gasteiger partial charge in [-0.15, -0.1) is 0 Å². The SMILES string of the molecule is CCCCCC=CCC=CCCCCCCCCC1(CCCCCCCCC=CCC=CCCCCC)OC(COS(C)(=O)=O)C(COS(C)(=O)=O)O1. The van der Waals surface area contributed by atoms with Gasteiger partial charge < -0.3 is 9.47 Å². The van der Waals surface area contributed by atoms with Gasteiger partial charge in [0, 0.05) is 12.8 Å². The summed E-state index contributed by atoms with van der Waals surface area (Å²) in [7, 11) is -7.43. The van der Waals surface area contributed by atoms with E-state index >= 15 is 0 Å². The van der Waals surface area contributed by atoms with Crippen molar-refractivity contribution in [2.45, 2.75) is 199 Å². The highest BCUT2D eigenvalue weighted by Gasteiger charge is 2.47. The summed E-state index contributed by atoms with van der Waals surface area (Å²) in [6.45, 7) is 3.98. The van der Waals surface area contributed by atoms with Crippen LogP contribution in [-0.4, -0.2) is 60.6 Å². The van der Waals surface area contributed by atoms with Gasteiger partial charge in [-0.1, -0.05) is 140 Å². The van der Waals surface area contributed by atoms with Crippen LogP contribution in [0.3, 0.4) is 0 Å². The van der Waals surface area contributed by atoms with Crippen LogP contribution in [0.1, 0.15) is 181 Å². The fourth-order valence-corrected chi connectivity index (χ4v) is 7.28. The fraction of sp³-hybridized carbons (Fsp3) is 0.814. The first-order valence-electron chi connectivity index (χ1n) is 21.1. The molecule has 10 heteroatoms. The molecule has 0 spiro atoms. The van der Waals surface area contributed by atoms with Gasteiger partial charge in [-0.2, -0.15) is 16.8 Å². The van der Waals surface area contributed by atoms with E-state index < -0.39 is 38.2 Å². The molecule has 0 aliphatic carbocycles. The third kappa shape index (κ3) is 30.6.